The van der Waals surface area contributed by atoms with Gasteiger partial charge >= 0.3 is 63.2 Å². The Morgan fingerprint density at radius 3 is 1.44 bits per heavy atom. The second-order valence-electron chi connectivity index (χ2n) is 20.6. The molecule has 2 aromatic rings. The molecule has 5 amide bonds. The fraction of sp³-hybridized carbons (Fsp3) is 0.609. The van der Waals surface area contributed by atoms with Gasteiger partial charge in [0.15, 0.2) is 7.14 Å². The van der Waals surface area contributed by atoms with Crippen molar-refractivity contribution in [2.24, 2.45) is 5.41 Å². The van der Waals surface area contributed by atoms with Crippen molar-refractivity contribution >= 4 is 42.0 Å². The van der Waals surface area contributed by atoms with Gasteiger partial charge in [0, 0.05) is 50.8 Å². The molecule has 1 unspecified atom stereocenters. The quantitative estimate of drug-likeness (QED) is 0.0185. The molecule has 3 N–H and O–H groups in total. The van der Waals surface area contributed by atoms with Crippen molar-refractivity contribution in [3.8, 4) is 5.75 Å². The lowest BCUT2D eigenvalue weighted by atomic mass is 9.92. The molecule has 458 valence electrons. The second kappa shape index (κ2) is 47.6. The number of halogens is 1. The maximum Gasteiger partial charge on any atom is 0.407 e. The smallest absolute Gasteiger partial charge is 0.407 e. The summed E-state index contributed by atoms with van der Waals surface area (Å²) in [7, 11) is 0. The number of nitrogens with zero attached hydrogens (tertiary/aromatic N) is 1. The molecule has 0 aromatic heterocycles. The summed E-state index contributed by atoms with van der Waals surface area (Å²) in [5, 5.41) is 8.76. The Kier molecular flexibility index (Phi) is 41.9. The standard InChI is InChI=1S/C64H97IN4O13/c1-6-11-13-15-16-17-18-19-21-30-38-56(48-77-55-42-40-54(41-43-55)65-53-36-28-27-29-37-53)82-63(76)68-46-34-25-26-35-47-69(61(74)66-44-32-23-14-12-7-2)62(75)67-45-33-24-20-22-31-39-60(73)81-52-64(49-78-57(70)8-3,50-79-58(71)9-4)51-80-59(72)10-5/h8-10,27-29,36-37,40-43,56H,3-7,11-26,30-35,38-39,44-52H2,1-2H3,(H2-,66,67,68,74,75,76)/p+1. The number of amides is 5. The summed E-state index contributed by atoms with van der Waals surface area (Å²) in [5.41, 5.74) is -1.41. The highest BCUT2D eigenvalue weighted by molar-refractivity contribution is 5.93. The van der Waals surface area contributed by atoms with Crippen LogP contribution in [0.25, 0.3) is 0 Å². The third-order valence-corrected chi connectivity index (χ3v) is 16.1. The lowest BCUT2D eigenvalue weighted by Gasteiger charge is -2.31. The number of nitrogens with one attached hydrogen (secondary N) is 3. The normalized spacial score (nSPS) is 11.3. The van der Waals surface area contributed by atoms with E-state index in [0.717, 1.165) is 101 Å². The highest BCUT2D eigenvalue weighted by atomic mass is 127. The van der Waals surface area contributed by atoms with E-state index in [1.54, 1.807) is 0 Å². The van der Waals surface area contributed by atoms with Gasteiger partial charge in [0.25, 0.3) is 0 Å². The molecule has 0 bridgehead atoms. The highest BCUT2D eigenvalue weighted by Crippen LogP contribution is 2.23. The molecule has 1 atom stereocenters. The topological polar surface area (TPSA) is 214 Å². The zero-order valence-corrected chi connectivity index (χ0v) is 51.7. The Hall–Kier alpha value is -5.92. The molecule has 0 saturated heterocycles. The first kappa shape index (κ1) is 72.2. The van der Waals surface area contributed by atoms with E-state index in [-0.39, 0.29) is 53.5 Å². The van der Waals surface area contributed by atoms with Gasteiger partial charge in [-0.25, -0.2) is 33.7 Å². The van der Waals surface area contributed by atoms with Gasteiger partial charge in [0.05, 0.1) is 0 Å². The molecule has 0 saturated carbocycles. The number of carbonyl (C=O) groups excluding carboxylic acids is 7. The number of unbranched alkanes of at least 4 members (excludes halogenated alkanes) is 20. The lowest BCUT2D eigenvalue weighted by Crippen LogP contribution is -3.61. The zero-order chi connectivity index (χ0) is 59.7. The van der Waals surface area contributed by atoms with Gasteiger partial charge in [-0.15, -0.1) is 0 Å². The molecule has 0 heterocycles. The molecular weight excluding hydrogens is 1160 g/mol. The van der Waals surface area contributed by atoms with Gasteiger partial charge < -0.3 is 44.4 Å². The first-order valence-corrected chi connectivity index (χ1v) is 32.3. The monoisotopic (exact) mass is 1260 g/mol. The number of esters is 4. The maximum absolute atomic E-state index is 13.4. The van der Waals surface area contributed by atoms with Crippen LogP contribution in [0.4, 0.5) is 14.4 Å². The second-order valence-corrected chi connectivity index (χ2v) is 23.7. The summed E-state index contributed by atoms with van der Waals surface area (Å²) in [5.74, 6) is -2.13. The summed E-state index contributed by atoms with van der Waals surface area (Å²) in [4.78, 5) is 89.5. The number of alkyl carbamates (subject to hydrolysis) is 1. The fourth-order valence-corrected chi connectivity index (χ4v) is 10.7. The van der Waals surface area contributed by atoms with E-state index in [1.165, 1.54) is 63.4 Å². The third-order valence-electron chi connectivity index (χ3n) is 13.4. The predicted octanol–water partition coefficient (Wildman–Crippen LogP) is 9.91. The summed E-state index contributed by atoms with van der Waals surface area (Å²) in [6.07, 6.45) is 26.5. The Balaban J connectivity index is 1.83. The number of carbonyl (C=O) groups is 7. The van der Waals surface area contributed by atoms with Crippen LogP contribution < -0.4 is 41.9 Å². The van der Waals surface area contributed by atoms with E-state index in [1.807, 2.05) is 18.2 Å². The highest BCUT2D eigenvalue weighted by Gasteiger charge is 2.37. The lowest BCUT2D eigenvalue weighted by molar-refractivity contribution is -0.597. The van der Waals surface area contributed by atoms with Crippen LogP contribution in [0.3, 0.4) is 0 Å². The van der Waals surface area contributed by atoms with Crippen molar-refractivity contribution in [3.63, 3.8) is 0 Å². The van der Waals surface area contributed by atoms with Crippen LogP contribution in [0.5, 0.6) is 5.75 Å². The molecule has 0 aliphatic heterocycles. The molecule has 0 aliphatic carbocycles. The molecule has 0 aliphatic rings. The molecule has 2 rings (SSSR count). The van der Waals surface area contributed by atoms with Crippen LogP contribution in [0.1, 0.15) is 181 Å². The van der Waals surface area contributed by atoms with Gasteiger partial charge in [0.2, 0.25) is 0 Å². The largest absolute Gasteiger partial charge is 0.490 e. The van der Waals surface area contributed by atoms with Crippen LogP contribution in [-0.2, 0) is 42.9 Å². The number of ether oxygens (including phenoxy) is 6. The van der Waals surface area contributed by atoms with Crippen LogP contribution in [0.2, 0.25) is 0 Å². The van der Waals surface area contributed by atoms with Crippen molar-refractivity contribution in [1.82, 2.24) is 20.9 Å². The molecule has 0 fully saturated rings. The number of hydrogen-bond donors (Lipinski definition) is 3. The van der Waals surface area contributed by atoms with Gasteiger partial charge in [-0.05, 0) is 81.3 Å². The Labute approximate surface area is 500 Å². The molecule has 82 heavy (non-hydrogen) atoms. The van der Waals surface area contributed by atoms with Crippen LogP contribution >= 0.6 is 0 Å². The minimum Gasteiger partial charge on any atom is -0.490 e. The van der Waals surface area contributed by atoms with E-state index in [2.05, 4.69) is 85.9 Å². The summed E-state index contributed by atoms with van der Waals surface area (Å²) in [6.45, 7) is 14.7. The minimum atomic E-state index is -1.41. The number of benzene rings is 2. The molecule has 18 heteroatoms. The van der Waals surface area contributed by atoms with Crippen molar-refractivity contribution in [3.05, 3.63) is 99.7 Å². The SMILES string of the molecule is C=CC(=O)OCC(COC(=O)C=C)(COC(=O)C=C)COC(=O)CCCCCCCNC(=O)N(CCCCCCNC(=O)OC(CCCCCCCCCCCC)COc1ccc([I+]c2ccccc2)cc1)C(=O)NCCCCCCC. The van der Waals surface area contributed by atoms with E-state index in [4.69, 9.17) is 28.4 Å². The van der Waals surface area contributed by atoms with Crippen molar-refractivity contribution in [1.29, 1.82) is 0 Å². The van der Waals surface area contributed by atoms with Crippen molar-refractivity contribution < 1.29 is 83.2 Å². The molecule has 17 nitrogen and oxygen atoms in total. The first-order valence-electron chi connectivity index (χ1n) is 30.1. The van der Waals surface area contributed by atoms with Crippen LogP contribution in [0.15, 0.2) is 92.6 Å². The number of rotatable bonds is 49. The summed E-state index contributed by atoms with van der Waals surface area (Å²) in [6, 6.07) is 17.9. The van der Waals surface area contributed by atoms with Crippen molar-refractivity contribution in [2.45, 2.75) is 187 Å². The number of hydrogen-bond acceptors (Lipinski definition) is 13. The molecular formula is C64H98IN4O13+. The predicted molar refractivity (Wildman–Crippen MR) is 316 cm³/mol. The van der Waals surface area contributed by atoms with E-state index < -0.39 is 67.3 Å². The summed E-state index contributed by atoms with van der Waals surface area (Å²) >= 11 is -0.278. The minimum absolute atomic E-state index is 0.0767. The Bertz CT molecular complexity index is 2070. The molecule has 0 radical (unpaired) electrons. The zero-order valence-electron chi connectivity index (χ0n) is 49.5. The van der Waals surface area contributed by atoms with Crippen LogP contribution in [-0.4, -0.2) is 112 Å². The Morgan fingerprint density at radius 2 is 0.939 bits per heavy atom. The fourth-order valence-electron chi connectivity index (χ4n) is 8.49. The van der Waals surface area contributed by atoms with Gasteiger partial charge in [-0.1, -0.05) is 167 Å². The number of imide groups is 1. The van der Waals surface area contributed by atoms with Gasteiger partial charge in [-0.2, -0.15) is 0 Å². The van der Waals surface area contributed by atoms with E-state index in [9.17, 15) is 33.6 Å². The molecule has 0 spiro atoms. The van der Waals surface area contributed by atoms with Gasteiger partial charge in [0.1, 0.15) is 50.3 Å². The van der Waals surface area contributed by atoms with E-state index in [0.29, 0.717) is 51.7 Å². The Morgan fingerprint density at radius 1 is 0.512 bits per heavy atom. The average Bonchev–Trinajstić information content (AvgIpc) is 3.51. The molecule has 2 aromatic carbocycles. The number of urea groups is 2. The summed E-state index contributed by atoms with van der Waals surface area (Å²) < 4.78 is 35.8. The average molecular weight is 1260 g/mol. The van der Waals surface area contributed by atoms with Gasteiger partial charge in [-0.3, -0.25) is 4.79 Å². The van der Waals surface area contributed by atoms with E-state index >= 15 is 0 Å². The van der Waals surface area contributed by atoms with Crippen molar-refractivity contribution in [2.75, 3.05) is 59.2 Å². The maximum atomic E-state index is 13.4. The van der Waals surface area contributed by atoms with Crippen LogP contribution in [0, 0.1) is 12.6 Å². The third kappa shape index (κ3) is 36.5. The first-order chi connectivity index (χ1) is 39.9.